The quantitative estimate of drug-likeness (QED) is 0.00732. The monoisotopic (exact) mass is 1860 g/mol. The van der Waals surface area contributed by atoms with E-state index in [0.717, 1.165) is 83.5 Å². The molecule has 2 aliphatic rings. The molecule has 696 valence electrons. The van der Waals surface area contributed by atoms with Gasteiger partial charge in [0.15, 0.2) is 28.1 Å². The molecule has 0 radical (unpaired) electrons. The Labute approximate surface area is 783 Å². The molecular formula is C92H100F7N14NaO17S. The SMILES string of the molecule is CC(=O)c1ccc(F)c([N+](=O)[O-])c1.CC(=O)c1ccc(Nc2ccc(F)cc2)c(N)c1.CC(=O)c1ccc(Nc2ccc(F)cc2)c([N+](=O)[O-])c1.CC(=O)c1ccc2c(c1)ncn2-c1ccc(F)cc1.CCO.CCO.COC(OC)OC.Nc1ccc(F)cc1.O=C(O)c1ccc2c(c1)ncn2-c1ccc(F)cc1.O=C(c1nccs1)N1CCC(C2CNC2)CC1.[2H]CF.[NH-]O.[Na+]. The van der Waals surface area contributed by atoms with E-state index in [0.29, 0.717) is 44.4 Å². The first kappa shape index (κ1) is 111. The van der Waals surface area contributed by atoms with Crippen LogP contribution in [-0.4, -0.2) is 169 Å². The summed E-state index contributed by atoms with van der Waals surface area (Å²) < 4.78 is 109. The van der Waals surface area contributed by atoms with Crippen molar-refractivity contribution in [3.63, 3.8) is 0 Å². The first-order valence-corrected chi connectivity index (χ1v) is 40.1. The molecule has 0 bridgehead atoms. The number of piperidine rings is 1. The summed E-state index contributed by atoms with van der Waals surface area (Å²) in [6.07, 6.45) is 7.27. The van der Waals surface area contributed by atoms with Crippen molar-refractivity contribution < 1.29 is 135 Å². The Balaban J connectivity index is 0.000000390. The number of nitrogens with one attached hydrogen (secondary N) is 4. The van der Waals surface area contributed by atoms with Crippen molar-refractivity contribution in [2.75, 3.05) is 90.0 Å². The number of aliphatic hydroxyl groups excluding tert-OH is 2. The molecule has 31 nitrogen and oxygen atoms in total. The second-order valence-electron chi connectivity index (χ2n) is 27.2. The van der Waals surface area contributed by atoms with E-state index >= 15 is 0 Å². The number of aromatic nitrogens is 5. The molecule has 0 spiro atoms. The summed E-state index contributed by atoms with van der Waals surface area (Å²) >= 11 is 1.44. The number of carbonyl (C=O) groups is 6. The van der Waals surface area contributed by atoms with Crippen LogP contribution in [0.1, 0.15) is 117 Å². The molecule has 15 rings (SSSR count). The number of likely N-dealkylation sites (tertiary alicyclic amines) is 1. The molecule has 0 saturated carbocycles. The number of halogens is 7. The molecule has 5 heterocycles. The molecular weight excluding hydrogens is 1760 g/mol. The number of aliphatic hydroxyl groups is 2. The van der Waals surface area contributed by atoms with Gasteiger partial charge in [-0.15, -0.1) is 11.3 Å². The van der Waals surface area contributed by atoms with Crippen LogP contribution in [0.25, 0.3) is 39.3 Å². The van der Waals surface area contributed by atoms with Crippen LogP contribution in [0.15, 0.2) is 237 Å². The molecule has 0 aliphatic carbocycles. The van der Waals surface area contributed by atoms with Gasteiger partial charge in [0.1, 0.15) is 47.4 Å². The number of carboxylic acid groups (broad SMARTS) is 1. The maximum atomic E-state index is 12.9. The number of benzene rings is 10. The van der Waals surface area contributed by atoms with Crippen LogP contribution >= 0.6 is 11.3 Å². The number of hydrogen-bond acceptors (Lipinski definition) is 25. The van der Waals surface area contributed by atoms with Crippen LogP contribution in [0.2, 0.25) is 0 Å². The number of thiazole rings is 1. The van der Waals surface area contributed by atoms with Gasteiger partial charge in [0.2, 0.25) is 5.82 Å². The minimum Gasteiger partial charge on any atom is -0.553 e. The smallest absolute Gasteiger partial charge is 0.553 e. The van der Waals surface area contributed by atoms with E-state index in [-0.39, 0.29) is 123 Å². The second-order valence-corrected chi connectivity index (χ2v) is 28.1. The Morgan fingerprint density at radius 1 is 0.538 bits per heavy atom. The average Bonchev–Trinajstić information content (AvgIpc) is 1.66. The van der Waals surface area contributed by atoms with Crippen LogP contribution in [0.3, 0.4) is 0 Å². The number of hydrogen-bond donors (Lipinski definition) is 9. The molecule has 2 fully saturated rings. The number of fused-ring (bicyclic) bond motifs is 2. The summed E-state index contributed by atoms with van der Waals surface area (Å²) in [7, 11) is 3.53. The minimum absolute atomic E-state index is 0. The van der Waals surface area contributed by atoms with Gasteiger partial charge in [0.05, 0.1) is 57.4 Å². The molecule has 2 aliphatic heterocycles. The number of carboxylic acids is 1. The second kappa shape index (κ2) is 59.7. The number of nitrogens with two attached hydrogens (primary N) is 2. The molecule has 132 heavy (non-hydrogen) atoms. The summed E-state index contributed by atoms with van der Waals surface area (Å²) in [5.41, 5.74) is 19.9. The van der Waals surface area contributed by atoms with Crippen LogP contribution in [0.5, 0.6) is 0 Å². The minimum atomic E-state index is -1.00. The fourth-order valence-corrected chi connectivity index (χ4v) is 12.2. The summed E-state index contributed by atoms with van der Waals surface area (Å²) in [6.45, 7) is 13.1. The first-order chi connectivity index (χ1) is 63.1. The zero-order valence-corrected chi connectivity index (χ0v) is 76.3. The Bertz CT molecular complexity index is 5630. The number of alkyl halides is 1. The molecule has 13 aromatic rings. The topological polar surface area (TPSA) is 461 Å². The van der Waals surface area contributed by atoms with E-state index in [4.69, 9.17) is 39.3 Å². The standard InChI is InChI=1S/C15H11FN2O.C14H11FN2O3.C14H9FN2O2.C14H13FN2O.C12H17N3OS.C8H6FNO3.C6H6FN.C4H10O3.2C2H6O.CH3F.H2NO.Na/c1-10(19)11-2-7-15-14(8-11)17-9-18(15)13-5-3-12(16)4-6-13;1-9(18)10-2-7-13(14(8-10)17(19)20)16-12-5-3-11(15)4-6-12;15-10-2-4-11(5-3-10)17-8-16-12-7-9(14(18)19)1-6-13(12)17;1-9(18)10-2-7-14(13(16)8-10)17-12-5-3-11(15)4-6-12;16-12(11-14-3-6-17-11)15-4-1-9(2-5-15)10-7-13-8-10;1-5(11)6-2-3-7(9)8(4-6)10(12)13;7-5-1-3-6(8)4-2-5;1-5-4(6-2)7-3;2*1-2-3;2*1-2;/h2-9H,1H3;2-8,16H,1H3;1-8H,(H,18,19);2-8,17H,16H2,1H3;3,6,9-10,13H,1-2,4-5,7-8H2;2-4H,1H3;1-4H,8H2;4H,1-3H3;2*3H,2H2,1H3;1H3;1-2H;/q;;;;;;;;;;;-1;+1/i;;;;;;;;;;1D;;. The molecule has 3 aromatic heterocycles. The molecule has 0 atom stereocenters. The normalized spacial score (nSPS) is 11.4. The van der Waals surface area contributed by atoms with Crippen LogP contribution in [-0.2, 0) is 14.2 Å². The Kier molecular flexibility index (Phi) is 50.2. The number of imidazole rings is 2. The summed E-state index contributed by atoms with van der Waals surface area (Å²) in [5, 5.41) is 63.3. The van der Waals surface area contributed by atoms with E-state index in [1.807, 2.05) is 20.9 Å². The number of ketones is 4. The third kappa shape index (κ3) is 37.2. The van der Waals surface area contributed by atoms with Gasteiger partial charge in [-0.05, 0) is 279 Å². The Hall–Kier alpha value is -13.4. The van der Waals surface area contributed by atoms with E-state index < -0.39 is 46.8 Å². The van der Waals surface area contributed by atoms with Gasteiger partial charge in [-0.2, -0.15) is 4.39 Å². The summed E-state index contributed by atoms with van der Waals surface area (Å²) in [6, 6.07) is 51.7. The first-order valence-electron chi connectivity index (χ1n) is 40.0. The van der Waals surface area contributed by atoms with Crippen molar-refractivity contribution >= 4 is 114 Å². The number of methoxy groups -OCH3 is 3. The number of ether oxygens (including phenoxy) is 3. The van der Waals surface area contributed by atoms with Crippen LogP contribution in [0, 0.1) is 67.0 Å². The van der Waals surface area contributed by atoms with Crippen molar-refractivity contribution in [1.82, 2.24) is 34.3 Å². The third-order valence-corrected chi connectivity index (χ3v) is 18.9. The number of rotatable bonds is 18. The van der Waals surface area contributed by atoms with Crippen LogP contribution < -0.4 is 57.0 Å². The van der Waals surface area contributed by atoms with Gasteiger partial charge < -0.3 is 73.0 Å². The number of carbonyl (C=O) groups excluding carboxylic acids is 5. The molecule has 1 amide bonds. The number of nitro groups is 2. The van der Waals surface area contributed by atoms with Crippen molar-refractivity contribution in [3.05, 3.63) is 330 Å². The van der Waals surface area contributed by atoms with Gasteiger partial charge in [0, 0.05) is 122 Å². The average molecular weight is 1860 g/mol. The van der Waals surface area contributed by atoms with Gasteiger partial charge >= 0.3 is 41.2 Å². The van der Waals surface area contributed by atoms with Crippen molar-refractivity contribution in [3.8, 4) is 11.4 Å². The van der Waals surface area contributed by atoms with E-state index in [1.54, 1.807) is 110 Å². The fourth-order valence-electron chi connectivity index (χ4n) is 11.6. The number of nitrogen functional groups attached to an aromatic ring is 2. The van der Waals surface area contributed by atoms with Gasteiger partial charge in [0.25, 0.3) is 18.1 Å². The largest absolute Gasteiger partial charge is 1.00 e. The molecule has 2 saturated heterocycles. The van der Waals surface area contributed by atoms with Crippen molar-refractivity contribution in [2.45, 2.75) is 60.9 Å². The summed E-state index contributed by atoms with van der Waals surface area (Å²) in [5.74, 6) is 2.50. The van der Waals surface area contributed by atoms with Crippen molar-refractivity contribution in [1.29, 1.82) is 0 Å². The predicted octanol–water partition coefficient (Wildman–Crippen LogP) is 16.0. The Morgan fingerprint density at radius 2 is 0.894 bits per heavy atom. The zero-order chi connectivity index (χ0) is 98.1. The predicted molar refractivity (Wildman–Crippen MR) is 487 cm³/mol. The third-order valence-electron chi connectivity index (χ3n) is 18.2. The molecule has 10 aromatic carbocycles. The van der Waals surface area contributed by atoms with Crippen LogP contribution in [0.4, 0.5) is 76.2 Å². The van der Waals surface area contributed by atoms with Gasteiger partial charge in [-0.3, -0.25) is 57.7 Å². The number of anilines is 6. The van der Waals surface area contributed by atoms with Gasteiger partial charge in [-0.1, -0.05) is 0 Å². The summed E-state index contributed by atoms with van der Waals surface area (Å²) in [4.78, 5) is 102. The maximum Gasteiger partial charge on any atom is 1.00 e. The fraction of sp³-hybridized carbons (Fsp3) is 0.228. The van der Waals surface area contributed by atoms with Gasteiger partial charge in [-0.25, -0.2) is 41.7 Å². The maximum absolute atomic E-state index is 12.9. The number of Topliss-reactive ketones (excluding diaryl/α,β-unsaturated/α-hetero) is 4. The molecule has 0 unspecified atom stereocenters. The van der Waals surface area contributed by atoms with E-state index in [2.05, 4.69) is 45.1 Å². The molecule has 40 heteroatoms. The number of nitrogens with zero attached hydrogens (tertiary/aromatic N) is 8. The number of amides is 1. The van der Waals surface area contributed by atoms with E-state index in [9.17, 15) is 79.7 Å². The van der Waals surface area contributed by atoms with E-state index in [1.165, 1.54) is 195 Å². The molecule has 12 N–H and O–H groups in total. The Morgan fingerprint density at radius 3 is 1.25 bits per heavy atom. The number of nitro benzene ring substituents is 2. The number of aromatic carboxylic acids is 1. The zero-order valence-electron chi connectivity index (χ0n) is 74.5. The van der Waals surface area contributed by atoms with Crippen molar-refractivity contribution in [2.24, 2.45) is 11.8 Å².